The second kappa shape index (κ2) is 5.59. The Morgan fingerprint density at radius 3 is 2.63 bits per heavy atom. The monoisotopic (exact) mass is 263 g/mol. The molecule has 5 heteroatoms. The zero-order chi connectivity index (χ0) is 13.2. The molecule has 0 aromatic carbocycles. The van der Waals surface area contributed by atoms with Gasteiger partial charge in [0.2, 0.25) is 0 Å². The van der Waals surface area contributed by atoms with Crippen LogP contribution in [0.2, 0.25) is 0 Å². The minimum absolute atomic E-state index is 0.725. The molecule has 2 aliphatic rings. The molecule has 3 rings (SSSR count). The quantitative estimate of drug-likeness (QED) is 0.872. The fourth-order valence-electron chi connectivity index (χ4n) is 3.82. The molecule has 0 amide bonds. The van der Waals surface area contributed by atoms with E-state index in [-0.39, 0.29) is 0 Å². The van der Waals surface area contributed by atoms with Crippen LogP contribution in [-0.4, -0.2) is 44.3 Å². The zero-order valence-corrected chi connectivity index (χ0v) is 12.0. The first-order chi connectivity index (χ1) is 9.31. The van der Waals surface area contributed by atoms with Gasteiger partial charge in [0.1, 0.15) is 12.2 Å². The molecule has 2 unspecified atom stereocenters. The zero-order valence-electron chi connectivity index (χ0n) is 12.0. The first kappa shape index (κ1) is 13.1. The Morgan fingerprint density at radius 1 is 1.26 bits per heavy atom. The Morgan fingerprint density at radius 2 is 2.00 bits per heavy atom. The van der Waals surface area contributed by atoms with Gasteiger partial charge in [0.05, 0.1) is 6.54 Å². The van der Waals surface area contributed by atoms with Gasteiger partial charge in [-0.05, 0) is 39.2 Å². The fraction of sp³-hybridized carbons (Fsp3) is 0.857. The lowest BCUT2D eigenvalue weighted by atomic mass is 9.97. The molecule has 2 saturated heterocycles. The first-order valence-electron chi connectivity index (χ1n) is 7.67. The molecular weight excluding hydrogens is 238 g/mol. The van der Waals surface area contributed by atoms with Crippen LogP contribution < -0.4 is 5.32 Å². The largest absolute Gasteiger partial charge is 0.317 e. The predicted octanol–water partition coefficient (Wildman–Crippen LogP) is 1.40. The molecule has 1 N–H and O–H groups in total. The molecule has 1 aromatic rings. The van der Waals surface area contributed by atoms with Gasteiger partial charge in [-0.25, -0.2) is 0 Å². The summed E-state index contributed by atoms with van der Waals surface area (Å²) in [6.07, 6.45) is 7.15. The van der Waals surface area contributed by atoms with Crippen LogP contribution in [0, 0.1) is 0 Å². The summed E-state index contributed by atoms with van der Waals surface area (Å²) >= 11 is 0. The van der Waals surface area contributed by atoms with Crippen molar-refractivity contribution >= 4 is 0 Å². The van der Waals surface area contributed by atoms with Gasteiger partial charge in [-0.3, -0.25) is 4.90 Å². The summed E-state index contributed by atoms with van der Waals surface area (Å²) in [5.41, 5.74) is 0. The molecule has 0 saturated carbocycles. The molecule has 19 heavy (non-hydrogen) atoms. The van der Waals surface area contributed by atoms with Crippen molar-refractivity contribution in [2.45, 2.75) is 70.7 Å². The Labute approximate surface area is 115 Å². The first-order valence-corrected chi connectivity index (χ1v) is 7.67. The van der Waals surface area contributed by atoms with Gasteiger partial charge in [0.25, 0.3) is 0 Å². The highest BCUT2D eigenvalue weighted by molar-refractivity contribution is 5.00. The predicted molar refractivity (Wildman–Crippen MR) is 74.7 cm³/mol. The highest BCUT2D eigenvalue weighted by Gasteiger charge is 2.40. The number of hydrogen-bond donors (Lipinski definition) is 1. The van der Waals surface area contributed by atoms with Crippen LogP contribution in [0.5, 0.6) is 0 Å². The third kappa shape index (κ3) is 2.54. The molecular formula is C14H25N5. The average Bonchev–Trinajstić information content (AvgIpc) is 2.94. The van der Waals surface area contributed by atoms with E-state index in [9.17, 15) is 0 Å². The van der Waals surface area contributed by atoms with E-state index in [0.29, 0.717) is 0 Å². The van der Waals surface area contributed by atoms with Crippen molar-refractivity contribution in [3.8, 4) is 0 Å². The second-order valence-corrected chi connectivity index (χ2v) is 5.82. The Kier molecular flexibility index (Phi) is 3.84. The highest BCUT2D eigenvalue weighted by atomic mass is 15.3. The van der Waals surface area contributed by atoms with E-state index in [1.807, 2.05) is 6.33 Å². The normalized spacial score (nSPS) is 30.9. The Hall–Kier alpha value is -0.940. The lowest BCUT2D eigenvalue weighted by molar-refractivity contribution is 0.105. The summed E-state index contributed by atoms with van der Waals surface area (Å²) in [4.78, 5) is 2.67. The molecule has 0 aliphatic carbocycles. The summed E-state index contributed by atoms with van der Waals surface area (Å²) in [5, 5.41) is 12.0. The SMILES string of the molecule is CCNC1CC2CCC(C1)N2Cc1nncn1CC. The van der Waals surface area contributed by atoms with Gasteiger partial charge in [-0.2, -0.15) is 0 Å². The summed E-state index contributed by atoms with van der Waals surface area (Å²) in [7, 11) is 0. The molecule has 2 atom stereocenters. The van der Waals surface area contributed by atoms with E-state index in [0.717, 1.165) is 43.6 Å². The number of nitrogens with one attached hydrogen (secondary N) is 1. The number of hydrogen-bond acceptors (Lipinski definition) is 4. The molecule has 3 heterocycles. The lowest BCUT2D eigenvalue weighted by Gasteiger charge is -2.38. The van der Waals surface area contributed by atoms with E-state index in [1.165, 1.54) is 25.7 Å². The van der Waals surface area contributed by atoms with E-state index in [2.05, 4.69) is 38.8 Å². The lowest BCUT2D eigenvalue weighted by Crippen LogP contribution is -2.48. The molecule has 0 spiro atoms. The number of aromatic nitrogens is 3. The standard InChI is InChI=1S/C14H25N5/c1-3-15-11-7-12-5-6-13(8-11)19(12)9-14-17-16-10-18(14)4-2/h10-13,15H,3-9H2,1-2H3. The smallest absolute Gasteiger partial charge is 0.147 e. The Bertz CT molecular complexity index is 402. The molecule has 2 bridgehead atoms. The molecule has 5 nitrogen and oxygen atoms in total. The summed E-state index contributed by atoms with van der Waals surface area (Å²) in [6.45, 7) is 7.39. The van der Waals surface area contributed by atoms with E-state index in [1.54, 1.807) is 0 Å². The van der Waals surface area contributed by atoms with Gasteiger partial charge in [-0.1, -0.05) is 6.92 Å². The van der Waals surface area contributed by atoms with Gasteiger partial charge < -0.3 is 9.88 Å². The maximum absolute atomic E-state index is 4.29. The van der Waals surface area contributed by atoms with E-state index >= 15 is 0 Å². The van der Waals surface area contributed by atoms with Gasteiger partial charge in [0, 0.05) is 24.7 Å². The summed E-state index contributed by atoms with van der Waals surface area (Å²) in [6, 6.07) is 2.21. The van der Waals surface area contributed by atoms with Crippen molar-refractivity contribution in [1.29, 1.82) is 0 Å². The van der Waals surface area contributed by atoms with Crippen LogP contribution in [0.15, 0.2) is 6.33 Å². The number of aryl methyl sites for hydroxylation is 1. The van der Waals surface area contributed by atoms with Crippen LogP contribution in [0.3, 0.4) is 0 Å². The summed E-state index contributed by atoms with van der Waals surface area (Å²) < 4.78 is 2.16. The van der Waals surface area contributed by atoms with E-state index in [4.69, 9.17) is 0 Å². The molecule has 1 aromatic heterocycles. The van der Waals surface area contributed by atoms with Crippen LogP contribution in [0.1, 0.15) is 45.4 Å². The molecule has 2 fully saturated rings. The van der Waals surface area contributed by atoms with Crippen molar-refractivity contribution in [3.05, 3.63) is 12.2 Å². The van der Waals surface area contributed by atoms with Crippen LogP contribution >= 0.6 is 0 Å². The maximum atomic E-state index is 4.29. The van der Waals surface area contributed by atoms with Crippen LogP contribution in [0.4, 0.5) is 0 Å². The average molecular weight is 263 g/mol. The third-order valence-electron chi connectivity index (χ3n) is 4.74. The van der Waals surface area contributed by atoms with Crippen molar-refractivity contribution in [2.24, 2.45) is 0 Å². The van der Waals surface area contributed by atoms with Gasteiger partial charge in [-0.15, -0.1) is 10.2 Å². The maximum Gasteiger partial charge on any atom is 0.147 e. The van der Waals surface area contributed by atoms with E-state index < -0.39 is 0 Å². The molecule has 0 radical (unpaired) electrons. The van der Waals surface area contributed by atoms with Crippen LogP contribution in [0.25, 0.3) is 0 Å². The highest BCUT2D eigenvalue weighted by Crippen LogP contribution is 2.36. The minimum Gasteiger partial charge on any atom is -0.317 e. The van der Waals surface area contributed by atoms with Gasteiger partial charge >= 0.3 is 0 Å². The van der Waals surface area contributed by atoms with Gasteiger partial charge in [0.15, 0.2) is 0 Å². The summed E-state index contributed by atoms with van der Waals surface area (Å²) in [5.74, 6) is 1.13. The molecule has 2 aliphatic heterocycles. The number of piperidine rings is 1. The Balaban J connectivity index is 1.67. The van der Waals surface area contributed by atoms with Crippen LogP contribution in [-0.2, 0) is 13.1 Å². The minimum atomic E-state index is 0.725. The fourth-order valence-corrected chi connectivity index (χ4v) is 3.82. The van der Waals surface area contributed by atoms with Crippen molar-refractivity contribution < 1.29 is 0 Å². The molecule has 106 valence electrons. The number of rotatable bonds is 5. The topological polar surface area (TPSA) is 46.0 Å². The number of nitrogens with zero attached hydrogens (tertiary/aromatic N) is 4. The van der Waals surface area contributed by atoms with Crippen molar-refractivity contribution in [1.82, 2.24) is 25.0 Å². The van der Waals surface area contributed by atoms with Crippen molar-refractivity contribution in [3.63, 3.8) is 0 Å². The number of fused-ring (bicyclic) bond motifs is 2. The third-order valence-corrected chi connectivity index (χ3v) is 4.74. The second-order valence-electron chi connectivity index (χ2n) is 5.82. The van der Waals surface area contributed by atoms with Crippen molar-refractivity contribution in [2.75, 3.05) is 6.54 Å².